The smallest absolute Gasteiger partial charge is 0.317 e. The Morgan fingerprint density at radius 3 is 2.38 bits per heavy atom. The molecule has 3 aromatic carbocycles. The summed E-state index contributed by atoms with van der Waals surface area (Å²) in [6, 6.07) is 20.9. The lowest BCUT2D eigenvalue weighted by atomic mass is 10.1. The molecule has 0 aliphatic heterocycles. The molecule has 1 aromatic heterocycles. The molecule has 0 saturated carbocycles. The molecular formula is C25H21NO5S. The number of benzene rings is 3. The molecule has 0 spiro atoms. The van der Waals surface area contributed by atoms with Gasteiger partial charge in [-0.2, -0.15) is 0 Å². The van der Waals surface area contributed by atoms with Crippen LogP contribution in [-0.2, 0) is 16.0 Å². The first-order valence-corrected chi connectivity index (χ1v) is 11.0. The van der Waals surface area contributed by atoms with Crippen molar-refractivity contribution < 1.29 is 23.9 Å². The van der Waals surface area contributed by atoms with Crippen molar-refractivity contribution in [3.8, 4) is 0 Å². The van der Waals surface area contributed by atoms with Gasteiger partial charge in [0.05, 0.1) is 6.04 Å². The first kappa shape index (κ1) is 21.6. The van der Waals surface area contributed by atoms with Gasteiger partial charge in [0.15, 0.2) is 0 Å². The van der Waals surface area contributed by atoms with Gasteiger partial charge in [-0.3, -0.25) is 14.4 Å². The van der Waals surface area contributed by atoms with Crippen LogP contribution in [0.2, 0.25) is 0 Å². The Hall–Kier alpha value is -3.58. The molecule has 2 N–H and O–H groups in total. The lowest BCUT2D eigenvalue weighted by Gasteiger charge is -2.16. The van der Waals surface area contributed by atoms with E-state index in [0.29, 0.717) is 5.56 Å². The number of amides is 1. The molecule has 162 valence electrons. The summed E-state index contributed by atoms with van der Waals surface area (Å²) in [5.74, 6) is -1.46. The number of hydrogen-bond donors (Lipinski definition) is 2. The lowest BCUT2D eigenvalue weighted by molar-refractivity contribution is -0.136. The predicted molar refractivity (Wildman–Crippen MR) is 125 cm³/mol. The minimum absolute atomic E-state index is 0.167. The molecule has 0 aliphatic carbocycles. The highest BCUT2D eigenvalue weighted by Gasteiger charge is 2.26. The van der Waals surface area contributed by atoms with Crippen molar-refractivity contribution in [2.75, 3.05) is 0 Å². The average Bonchev–Trinajstić information content (AvgIpc) is 3.17. The van der Waals surface area contributed by atoms with Crippen molar-refractivity contribution in [2.45, 2.75) is 24.6 Å². The number of aliphatic carboxylic acids is 1. The fraction of sp³-hybridized carbons (Fsp3) is 0.160. The molecule has 1 amide bonds. The summed E-state index contributed by atoms with van der Waals surface area (Å²) in [6.45, 7) is 1.55. The molecule has 2 atom stereocenters. The van der Waals surface area contributed by atoms with E-state index in [4.69, 9.17) is 4.42 Å². The number of para-hydroxylation sites is 1. The van der Waals surface area contributed by atoms with E-state index in [2.05, 4.69) is 5.32 Å². The topological polar surface area (TPSA) is 96.6 Å². The normalized spacial score (nSPS) is 13.0. The third-order valence-electron chi connectivity index (χ3n) is 5.13. The van der Waals surface area contributed by atoms with Crippen LogP contribution in [0.15, 0.2) is 77.2 Å². The van der Waals surface area contributed by atoms with Crippen LogP contribution in [0.4, 0.5) is 0 Å². The number of carbonyl (C=O) groups excluding carboxylic acids is 2. The lowest BCUT2D eigenvalue weighted by Crippen LogP contribution is -2.38. The number of thioether (sulfide) groups is 1. The number of hydrogen-bond acceptors (Lipinski definition) is 5. The van der Waals surface area contributed by atoms with Gasteiger partial charge in [-0.1, -0.05) is 54.2 Å². The van der Waals surface area contributed by atoms with Crippen molar-refractivity contribution in [1.82, 2.24) is 5.32 Å². The van der Waals surface area contributed by atoms with Gasteiger partial charge in [0.2, 0.25) is 5.12 Å². The SMILES string of the molecule is C[C@@H](NC(=O)c1ccccc1)C(=O)S[C@@H](Cc1ccc2oc3ccccc3c2c1)C(=O)O. The summed E-state index contributed by atoms with van der Waals surface area (Å²) in [5, 5.41) is 12.8. The van der Waals surface area contributed by atoms with Gasteiger partial charge in [-0.15, -0.1) is 0 Å². The van der Waals surface area contributed by atoms with Crippen molar-refractivity contribution >= 4 is 50.7 Å². The molecular weight excluding hydrogens is 426 g/mol. The van der Waals surface area contributed by atoms with Crippen LogP contribution in [0, 0.1) is 0 Å². The van der Waals surface area contributed by atoms with Crippen LogP contribution >= 0.6 is 11.8 Å². The second-order valence-electron chi connectivity index (χ2n) is 7.46. The van der Waals surface area contributed by atoms with Crippen LogP contribution in [0.5, 0.6) is 0 Å². The highest BCUT2D eigenvalue weighted by molar-refractivity contribution is 8.14. The minimum atomic E-state index is -1.08. The highest BCUT2D eigenvalue weighted by atomic mass is 32.2. The maximum atomic E-state index is 12.6. The minimum Gasteiger partial charge on any atom is -0.480 e. The summed E-state index contributed by atoms with van der Waals surface area (Å²) in [5.41, 5.74) is 2.72. The maximum Gasteiger partial charge on any atom is 0.317 e. The Labute approximate surface area is 188 Å². The number of carboxylic acids is 1. The van der Waals surface area contributed by atoms with Gasteiger partial charge in [0.25, 0.3) is 5.91 Å². The van der Waals surface area contributed by atoms with Gasteiger partial charge in [-0.25, -0.2) is 0 Å². The van der Waals surface area contributed by atoms with E-state index >= 15 is 0 Å². The Kier molecular flexibility index (Phi) is 6.28. The van der Waals surface area contributed by atoms with Crippen molar-refractivity contribution in [3.05, 3.63) is 83.9 Å². The third-order valence-corrected chi connectivity index (χ3v) is 6.37. The molecule has 1 heterocycles. The average molecular weight is 448 g/mol. The van der Waals surface area contributed by atoms with Crippen LogP contribution in [0.3, 0.4) is 0 Å². The van der Waals surface area contributed by atoms with Crippen molar-refractivity contribution in [3.63, 3.8) is 0 Å². The van der Waals surface area contributed by atoms with Gasteiger partial charge < -0.3 is 14.8 Å². The zero-order valence-corrected chi connectivity index (χ0v) is 18.1. The summed E-state index contributed by atoms with van der Waals surface area (Å²) in [4.78, 5) is 36.8. The van der Waals surface area contributed by atoms with Crippen LogP contribution in [-0.4, -0.2) is 33.4 Å². The van der Waals surface area contributed by atoms with Crippen LogP contribution in [0.25, 0.3) is 21.9 Å². The zero-order chi connectivity index (χ0) is 22.7. The van der Waals surface area contributed by atoms with E-state index in [-0.39, 0.29) is 12.3 Å². The molecule has 6 nitrogen and oxygen atoms in total. The largest absolute Gasteiger partial charge is 0.480 e. The van der Waals surface area contributed by atoms with Gasteiger partial charge in [0, 0.05) is 16.3 Å². The summed E-state index contributed by atoms with van der Waals surface area (Å²) in [6.07, 6.45) is 0.167. The maximum absolute atomic E-state index is 12.6. The first-order chi connectivity index (χ1) is 15.4. The van der Waals surface area contributed by atoms with E-state index in [1.807, 2.05) is 42.5 Å². The Balaban J connectivity index is 1.46. The molecule has 0 aliphatic rings. The molecule has 0 fully saturated rings. The number of carbonyl (C=O) groups is 3. The zero-order valence-electron chi connectivity index (χ0n) is 17.3. The Morgan fingerprint density at radius 1 is 0.938 bits per heavy atom. The fourth-order valence-corrected chi connectivity index (χ4v) is 4.38. The number of furan rings is 1. The second kappa shape index (κ2) is 9.28. The molecule has 4 rings (SSSR count). The number of nitrogens with one attached hydrogen (secondary N) is 1. The second-order valence-corrected chi connectivity index (χ2v) is 8.66. The summed E-state index contributed by atoms with van der Waals surface area (Å²) in [7, 11) is 0. The van der Waals surface area contributed by atoms with Crippen LogP contribution < -0.4 is 5.32 Å². The van der Waals surface area contributed by atoms with Gasteiger partial charge >= 0.3 is 5.97 Å². The highest BCUT2D eigenvalue weighted by Crippen LogP contribution is 2.30. The molecule has 0 unspecified atom stereocenters. The standard InChI is InChI=1S/C25H21NO5S/c1-15(26-23(27)17-7-3-2-4-8-17)25(30)32-22(24(28)29)14-16-11-12-21-19(13-16)18-9-5-6-10-20(18)31-21/h2-13,15,22H,14H2,1H3,(H,26,27)(H,28,29)/t15-,22+/m1/s1. The fourth-order valence-electron chi connectivity index (χ4n) is 3.46. The molecule has 0 saturated heterocycles. The molecule has 4 aromatic rings. The number of carboxylic acid groups (broad SMARTS) is 1. The molecule has 32 heavy (non-hydrogen) atoms. The van der Waals surface area contributed by atoms with Crippen molar-refractivity contribution in [1.29, 1.82) is 0 Å². The summed E-state index contributed by atoms with van der Waals surface area (Å²) < 4.78 is 5.81. The van der Waals surface area contributed by atoms with E-state index < -0.39 is 22.4 Å². The predicted octanol–water partition coefficient (Wildman–Crippen LogP) is 4.66. The van der Waals surface area contributed by atoms with Gasteiger partial charge in [0.1, 0.15) is 16.4 Å². The Morgan fingerprint density at radius 2 is 1.62 bits per heavy atom. The molecule has 0 bridgehead atoms. The number of rotatable bonds is 7. The molecule has 0 radical (unpaired) electrons. The van der Waals surface area contributed by atoms with E-state index in [1.165, 1.54) is 0 Å². The quantitative estimate of drug-likeness (QED) is 0.428. The summed E-state index contributed by atoms with van der Waals surface area (Å²) >= 11 is 0.727. The van der Waals surface area contributed by atoms with Crippen molar-refractivity contribution in [2.24, 2.45) is 0 Å². The third kappa shape index (κ3) is 4.68. The van der Waals surface area contributed by atoms with E-state index in [1.54, 1.807) is 37.3 Å². The Bertz CT molecular complexity index is 1300. The van der Waals surface area contributed by atoms with E-state index in [9.17, 15) is 19.5 Å². The monoisotopic (exact) mass is 447 g/mol. The molecule has 7 heteroatoms. The number of fused-ring (bicyclic) bond motifs is 3. The van der Waals surface area contributed by atoms with Crippen LogP contribution in [0.1, 0.15) is 22.8 Å². The first-order valence-electron chi connectivity index (χ1n) is 10.1. The van der Waals surface area contributed by atoms with E-state index in [0.717, 1.165) is 39.3 Å². The van der Waals surface area contributed by atoms with Gasteiger partial charge in [-0.05, 0) is 49.2 Å².